The minimum atomic E-state index is -4.97. The number of nitrogens with zero attached hydrogens (tertiary/aromatic N) is 4. The fourth-order valence-electron chi connectivity index (χ4n) is 4.75. The van der Waals surface area contributed by atoms with Crippen molar-refractivity contribution in [2.24, 2.45) is 10.9 Å². The fourth-order valence-corrected chi connectivity index (χ4v) is 4.97. The number of anilines is 2. The SMILES string of the molecule is C[C@@H]1CN(c2cc(F)c(-c3cc(Cl)c(O)c(C#N)c3)cc2NC(=O)C2C=NC(=O)C=C2C(F)(F)F)C[C@H](C)N1C. The van der Waals surface area contributed by atoms with E-state index in [9.17, 15) is 33.1 Å². The quantitative estimate of drug-likeness (QED) is 0.500. The van der Waals surface area contributed by atoms with Gasteiger partial charge >= 0.3 is 6.18 Å². The number of phenolic OH excluding ortho intramolecular Hbond substituents is 1. The first kappa shape index (κ1) is 29.0. The molecule has 1 saturated heterocycles. The number of nitrogens with one attached hydrogen (secondary N) is 1. The standard InChI is InChI=1S/C27H24ClF4N5O3/c1-13-11-37(12-14(2)36(13)3)23-8-21(29)17(15-4-16(9-33)25(39)20(28)5-15)6-22(23)35-26(40)18-10-34-24(38)7-19(18)27(30,31)32/h4-8,10,13-14,18,39H,11-12H2,1-3H3,(H,35,40)/t13-,14+,18?. The lowest BCUT2D eigenvalue weighted by atomic mass is 9.95. The highest BCUT2D eigenvalue weighted by Crippen LogP contribution is 2.40. The van der Waals surface area contributed by atoms with Crippen LogP contribution in [0.1, 0.15) is 19.4 Å². The smallest absolute Gasteiger partial charge is 0.414 e. The molecule has 13 heteroatoms. The zero-order valence-electron chi connectivity index (χ0n) is 21.6. The van der Waals surface area contributed by atoms with E-state index < -0.39 is 41.0 Å². The van der Waals surface area contributed by atoms with Crippen LogP contribution in [0.4, 0.5) is 28.9 Å². The molecule has 0 saturated carbocycles. The number of phenols is 1. The molecule has 2 aromatic rings. The Morgan fingerprint density at radius 1 is 1.20 bits per heavy atom. The molecule has 8 nitrogen and oxygen atoms in total. The van der Waals surface area contributed by atoms with Crippen molar-refractivity contribution in [1.82, 2.24) is 4.90 Å². The van der Waals surface area contributed by atoms with E-state index in [0.29, 0.717) is 19.3 Å². The average Bonchev–Trinajstić information content (AvgIpc) is 2.88. The van der Waals surface area contributed by atoms with Crippen LogP contribution in [0.3, 0.4) is 0 Å². The van der Waals surface area contributed by atoms with Crippen LogP contribution in [-0.2, 0) is 9.59 Å². The Labute approximate surface area is 232 Å². The molecule has 0 radical (unpaired) electrons. The van der Waals surface area contributed by atoms with Crippen LogP contribution >= 0.6 is 11.6 Å². The highest BCUT2D eigenvalue weighted by molar-refractivity contribution is 6.32. The van der Waals surface area contributed by atoms with E-state index in [1.807, 2.05) is 25.8 Å². The molecular weight excluding hydrogens is 554 g/mol. The van der Waals surface area contributed by atoms with E-state index in [1.54, 1.807) is 6.07 Å². The predicted octanol–water partition coefficient (Wildman–Crippen LogP) is 4.91. The molecule has 2 aliphatic heterocycles. The van der Waals surface area contributed by atoms with Gasteiger partial charge < -0.3 is 15.3 Å². The van der Waals surface area contributed by atoms with Gasteiger partial charge in [-0.25, -0.2) is 9.38 Å². The minimum Gasteiger partial charge on any atom is -0.505 e. The second-order valence-electron chi connectivity index (χ2n) is 9.76. The van der Waals surface area contributed by atoms with Crippen molar-refractivity contribution in [2.75, 3.05) is 30.4 Å². The van der Waals surface area contributed by atoms with Gasteiger partial charge in [0.1, 0.15) is 17.8 Å². The van der Waals surface area contributed by atoms with E-state index in [4.69, 9.17) is 11.6 Å². The zero-order chi connectivity index (χ0) is 29.5. The summed E-state index contributed by atoms with van der Waals surface area (Å²) >= 11 is 6.03. The molecule has 210 valence electrons. The average molecular weight is 578 g/mol. The van der Waals surface area contributed by atoms with Crippen molar-refractivity contribution in [3.63, 3.8) is 0 Å². The number of piperazine rings is 1. The number of nitriles is 1. The number of halogens is 5. The number of alkyl halides is 3. The molecule has 40 heavy (non-hydrogen) atoms. The van der Waals surface area contributed by atoms with E-state index in [-0.39, 0.29) is 51.2 Å². The molecule has 1 unspecified atom stereocenters. The topological polar surface area (TPSA) is 109 Å². The number of carbonyl (C=O) groups is 2. The van der Waals surface area contributed by atoms with Crippen molar-refractivity contribution < 1.29 is 32.3 Å². The lowest BCUT2D eigenvalue weighted by Gasteiger charge is -2.44. The maximum atomic E-state index is 15.6. The van der Waals surface area contributed by atoms with Crippen molar-refractivity contribution in [2.45, 2.75) is 32.1 Å². The molecule has 2 N–H and O–H groups in total. The molecule has 0 aliphatic carbocycles. The molecule has 3 atom stereocenters. The molecule has 0 aromatic heterocycles. The van der Waals surface area contributed by atoms with Gasteiger partial charge in [0.15, 0.2) is 5.75 Å². The number of aliphatic imine (C=N–C) groups is 1. The molecule has 2 aliphatic rings. The molecule has 0 spiro atoms. The van der Waals surface area contributed by atoms with E-state index in [1.165, 1.54) is 18.2 Å². The summed E-state index contributed by atoms with van der Waals surface area (Å²) < 4.78 is 56.6. The first-order valence-corrected chi connectivity index (χ1v) is 12.5. The second-order valence-corrected chi connectivity index (χ2v) is 10.2. The summed E-state index contributed by atoms with van der Waals surface area (Å²) in [7, 11) is 1.94. The van der Waals surface area contributed by atoms with Gasteiger partial charge in [0.25, 0.3) is 5.91 Å². The third-order valence-electron chi connectivity index (χ3n) is 7.11. The minimum absolute atomic E-state index is 0.000109. The van der Waals surface area contributed by atoms with Crippen LogP contribution in [-0.4, -0.2) is 66.4 Å². The predicted molar refractivity (Wildman–Crippen MR) is 142 cm³/mol. The number of rotatable bonds is 4. The van der Waals surface area contributed by atoms with Crippen LogP contribution < -0.4 is 10.2 Å². The first-order chi connectivity index (χ1) is 18.7. The Balaban J connectivity index is 1.83. The number of dihydropyridines is 1. The number of amides is 2. The lowest BCUT2D eigenvalue weighted by Crippen LogP contribution is -2.55. The molecule has 2 heterocycles. The van der Waals surface area contributed by atoms with Gasteiger partial charge in [-0.05, 0) is 50.7 Å². The largest absolute Gasteiger partial charge is 0.505 e. The van der Waals surface area contributed by atoms with Crippen molar-refractivity contribution >= 4 is 41.0 Å². The van der Waals surface area contributed by atoms with Gasteiger partial charge in [-0.15, -0.1) is 0 Å². The highest BCUT2D eigenvalue weighted by atomic mass is 35.5. The van der Waals surface area contributed by atoms with Gasteiger partial charge in [0.2, 0.25) is 5.91 Å². The number of hydrogen-bond acceptors (Lipinski definition) is 6. The number of benzene rings is 2. The van der Waals surface area contributed by atoms with E-state index in [0.717, 1.165) is 6.07 Å². The van der Waals surface area contributed by atoms with Crippen LogP contribution in [0.5, 0.6) is 5.75 Å². The molecular formula is C27H24ClF4N5O3. The summed E-state index contributed by atoms with van der Waals surface area (Å²) in [5.41, 5.74) is -1.39. The summed E-state index contributed by atoms with van der Waals surface area (Å²) in [5, 5.41) is 21.6. The maximum absolute atomic E-state index is 15.6. The summed E-state index contributed by atoms with van der Waals surface area (Å²) in [4.78, 5) is 32.0. The second kappa shape index (κ2) is 10.9. The Morgan fingerprint density at radius 3 is 2.45 bits per heavy atom. The van der Waals surface area contributed by atoms with Crippen LogP contribution in [0, 0.1) is 23.1 Å². The molecule has 1 fully saturated rings. The van der Waals surface area contributed by atoms with E-state index in [2.05, 4.69) is 15.2 Å². The third kappa shape index (κ3) is 5.66. The van der Waals surface area contributed by atoms with Gasteiger partial charge in [-0.2, -0.15) is 18.4 Å². The van der Waals surface area contributed by atoms with Gasteiger partial charge in [-0.1, -0.05) is 11.6 Å². The van der Waals surface area contributed by atoms with Crippen LogP contribution in [0.25, 0.3) is 11.1 Å². The van der Waals surface area contributed by atoms with Gasteiger partial charge in [0.05, 0.1) is 27.5 Å². The molecule has 2 aromatic carbocycles. The number of hydrogen-bond donors (Lipinski definition) is 2. The first-order valence-electron chi connectivity index (χ1n) is 12.1. The molecule has 4 rings (SSSR count). The third-order valence-corrected chi connectivity index (χ3v) is 7.40. The highest BCUT2D eigenvalue weighted by Gasteiger charge is 2.43. The van der Waals surface area contributed by atoms with Gasteiger partial charge in [0, 0.05) is 43.0 Å². The van der Waals surface area contributed by atoms with Crippen molar-refractivity contribution in [1.29, 1.82) is 5.26 Å². The summed E-state index contributed by atoms with van der Waals surface area (Å²) in [6, 6.07) is 6.64. The zero-order valence-corrected chi connectivity index (χ0v) is 22.3. The van der Waals surface area contributed by atoms with Crippen LogP contribution in [0.15, 0.2) is 40.9 Å². The normalized spacial score (nSPS) is 21.7. The number of carbonyl (C=O) groups excluding carboxylic acids is 2. The number of aromatic hydroxyl groups is 1. The Bertz CT molecular complexity index is 1470. The Hall–Kier alpha value is -3.95. The van der Waals surface area contributed by atoms with Crippen molar-refractivity contribution in [3.8, 4) is 22.9 Å². The Kier molecular flexibility index (Phi) is 7.92. The maximum Gasteiger partial charge on any atom is 0.414 e. The Morgan fingerprint density at radius 2 is 1.85 bits per heavy atom. The number of likely N-dealkylation sites (N-methyl/N-ethyl adjacent to an activating group) is 1. The monoisotopic (exact) mass is 577 g/mol. The van der Waals surface area contributed by atoms with Crippen molar-refractivity contribution in [3.05, 3.63) is 52.3 Å². The van der Waals surface area contributed by atoms with Gasteiger partial charge in [-0.3, -0.25) is 14.5 Å². The lowest BCUT2D eigenvalue weighted by molar-refractivity contribution is -0.124. The molecule has 0 bridgehead atoms. The molecule has 2 amide bonds. The summed E-state index contributed by atoms with van der Waals surface area (Å²) in [6.07, 6.45) is -4.07. The fraction of sp³-hybridized carbons (Fsp3) is 0.333. The summed E-state index contributed by atoms with van der Waals surface area (Å²) in [6.45, 7) is 4.78. The van der Waals surface area contributed by atoms with Crippen LogP contribution in [0.2, 0.25) is 5.02 Å². The van der Waals surface area contributed by atoms with E-state index >= 15 is 4.39 Å². The summed E-state index contributed by atoms with van der Waals surface area (Å²) in [5.74, 6) is -5.43.